The van der Waals surface area contributed by atoms with Crippen LogP contribution in [0.1, 0.15) is 56.4 Å². The Balaban J connectivity index is 2.12. The first-order valence-electron chi connectivity index (χ1n) is 9.91. The molecule has 2 rings (SSSR count). The molecule has 0 amide bonds. The normalized spacial score (nSPS) is 11.1. The zero-order valence-corrected chi connectivity index (χ0v) is 17.9. The summed E-state index contributed by atoms with van der Waals surface area (Å²) in [6.07, 6.45) is 3.27. The Kier molecular flexibility index (Phi) is 7.58. The molecule has 0 aliphatic heterocycles. The first-order valence-corrected chi connectivity index (χ1v) is 9.91. The third-order valence-corrected chi connectivity index (χ3v) is 4.63. The Morgan fingerprint density at radius 2 is 1.44 bits per heavy atom. The lowest BCUT2D eigenvalue weighted by Gasteiger charge is -2.18. The predicted molar refractivity (Wildman–Crippen MR) is 112 cm³/mol. The van der Waals surface area contributed by atoms with Crippen LogP contribution in [0.15, 0.2) is 30.3 Å². The highest BCUT2D eigenvalue weighted by Gasteiger charge is 2.12. The first-order chi connectivity index (χ1) is 12.8. The number of ether oxygens (including phenoxy) is 3. The molecule has 2 aromatic carbocycles. The maximum atomic E-state index is 6.05. The molecule has 0 unspecified atom stereocenters. The molecule has 0 radical (unpaired) electrons. The van der Waals surface area contributed by atoms with Crippen LogP contribution in [0.4, 0.5) is 0 Å². The van der Waals surface area contributed by atoms with E-state index in [-0.39, 0.29) is 12.2 Å². The molecule has 0 heterocycles. The van der Waals surface area contributed by atoms with Crippen molar-refractivity contribution in [2.75, 3.05) is 7.11 Å². The Morgan fingerprint density at radius 1 is 0.815 bits per heavy atom. The van der Waals surface area contributed by atoms with E-state index in [0.29, 0.717) is 0 Å². The Morgan fingerprint density at radius 3 is 2.07 bits per heavy atom. The van der Waals surface area contributed by atoms with E-state index in [9.17, 15) is 0 Å². The van der Waals surface area contributed by atoms with Gasteiger partial charge in [-0.2, -0.15) is 0 Å². The molecule has 0 saturated carbocycles. The highest BCUT2D eigenvalue weighted by Crippen LogP contribution is 2.30. The van der Waals surface area contributed by atoms with E-state index < -0.39 is 0 Å². The van der Waals surface area contributed by atoms with Crippen molar-refractivity contribution in [3.8, 4) is 17.2 Å². The maximum Gasteiger partial charge on any atom is 0.126 e. The van der Waals surface area contributed by atoms with Gasteiger partial charge in [0.05, 0.1) is 19.3 Å². The molecule has 3 heteroatoms. The molecule has 148 valence electrons. The lowest BCUT2D eigenvalue weighted by Crippen LogP contribution is -2.10. The van der Waals surface area contributed by atoms with Crippen LogP contribution in [0.3, 0.4) is 0 Å². The molecule has 0 aliphatic carbocycles. The van der Waals surface area contributed by atoms with E-state index in [4.69, 9.17) is 14.2 Å². The molecule has 0 bridgehead atoms. The van der Waals surface area contributed by atoms with Gasteiger partial charge in [-0.1, -0.05) is 18.2 Å². The van der Waals surface area contributed by atoms with E-state index in [1.807, 2.05) is 26.0 Å². The third kappa shape index (κ3) is 5.92. The van der Waals surface area contributed by atoms with Crippen LogP contribution in [0.2, 0.25) is 0 Å². The largest absolute Gasteiger partial charge is 0.496 e. The van der Waals surface area contributed by atoms with E-state index in [0.717, 1.165) is 36.5 Å². The van der Waals surface area contributed by atoms with Gasteiger partial charge in [-0.15, -0.1) is 0 Å². The van der Waals surface area contributed by atoms with Crippen LogP contribution in [-0.4, -0.2) is 19.3 Å². The molecule has 0 aromatic heterocycles. The van der Waals surface area contributed by atoms with Crippen molar-refractivity contribution >= 4 is 0 Å². The second kappa shape index (κ2) is 9.68. The van der Waals surface area contributed by atoms with Crippen molar-refractivity contribution in [3.63, 3.8) is 0 Å². The summed E-state index contributed by atoms with van der Waals surface area (Å²) >= 11 is 0. The molecule has 2 aromatic rings. The minimum Gasteiger partial charge on any atom is -0.496 e. The van der Waals surface area contributed by atoms with E-state index in [1.165, 1.54) is 22.3 Å². The fourth-order valence-electron chi connectivity index (χ4n) is 3.25. The molecular weight excluding hydrogens is 336 g/mol. The minimum atomic E-state index is 0.137. The van der Waals surface area contributed by atoms with Gasteiger partial charge in [0.15, 0.2) is 0 Å². The van der Waals surface area contributed by atoms with Crippen LogP contribution in [0.5, 0.6) is 17.2 Å². The van der Waals surface area contributed by atoms with Crippen molar-refractivity contribution < 1.29 is 14.2 Å². The third-order valence-electron chi connectivity index (χ3n) is 4.63. The Labute approximate surface area is 164 Å². The Hall–Kier alpha value is -2.16. The molecule has 0 fully saturated rings. The standard InChI is InChI=1S/C24H34O3/c1-16(2)26-22-14-13-20(23(15-22)27-17(3)4)9-8-10-21-12-11-18(5)19(6)24(21)25-7/h11-17H,8-10H2,1-7H3. The van der Waals surface area contributed by atoms with Gasteiger partial charge in [0.2, 0.25) is 0 Å². The van der Waals surface area contributed by atoms with Crippen molar-refractivity contribution in [3.05, 3.63) is 52.6 Å². The average molecular weight is 371 g/mol. The summed E-state index contributed by atoms with van der Waals surface area (Å²) < 4.78 is 17.5. The molecule has 0 aliphatic rings. The summed E-state index contributed by atoms with van der Waals surface area (Å²) in [5.74, 6) is 2.81. The lowest BCUT2D eigenvalue weighted by molar-refractivity contribution is 0.227. The summed E-state index contributed by atoms with van der Waals surface area (Å²) in [4.78, 5) is 0. The minimum absolute atomic E-state index is 0.137. The Bertz CT molecular complexity index is 748. The fourth-order valence-corrected chi connectivity index (χ4v) is 3.25. The molecule has 27 heavy (non-hydrogen) atoms. The monoisotopic (exact) mass is 370 g/mol. The molecule has 0 saturated heterocycles. The average Bonchev–Trinajstić information content (AvgIpc) is 2.59. The van der Waals surface area contributed by atoms with Crippen molar-refractivity contribution in [2.24, 2.45) is 0 Å². The maximum absolute atomic E-state index is 6.05. The van der Waals surface area contributed by atoms with E-state index in [2.05, 4.69) is 45.9 Å². The predicted octanol–water partition coefficient (Wildman–Crippen LogP) is 6.06. The highest BCUT2D eigenvalue weighted by molar-refractivity contribution is 5.45. The zero-order chi connectivity index (χ0) is 20.0. The van der Waals surface area contributed by atoms with Crippen LogP contribution in [0.25, 0.3) is 0 Å². The number of aryl methyl sites for hydroxylation is 3. The summed E-state index contributed by atoms with van der Waals surface area (Å²) in [6.45, 7) is 12.4. The van der Waals surface area contributed by atoms with Gasteiger partial charge in [0, 0.05) is 6.07 Å². The van der Waals surface area contributed by atoms with E-state index >= 15 is 0 Å². The van der Waals surface area contributed by atoms with E-state index in [1.54, 1.807) is 7.11 Å². The second-order valence-electron chi connectivity index (χ2n) is 7.66. The van der Waals surface area contributed by atoms with Crippen molar-refractivity contribution in [2.45, 2.75) is 73.0 Å². The number of methoxy groups -OCH3 is 1. The number of rotatable bonds is 9. The highest BCUT2D eigenvalue weighted by atomic mass is 16.5. The molecule has 0 atom stereocenters. The molecule has 0 spiro atoms. The topological polar surface area (TPSA) is 27.7 Å². The molecular formula is C24H34O3. The summed E-state index contributed by atoms with van der Waals surface area (Å²) in [5, 5.41) is 0. The fraction of sp³-hybridized carbons (Fsp3) is 0.500. The smallest absolute Gasteiger partial charge is 0.126 e. The quantitative estimate of drug-likeness (QED) is 0.537. The van der Waals surface area contributed by atoms with Crippen LogP contribution < -0.4 is 14.2 Å². The lowest BCUT2D eigenvalue weighted by atomic mass is 9.98. The molecule has 0 N–H and O–H groups in total. The van der Waals surface area contributed by atoms with Gasteiger partial charge < -0.3 is 14.2 Å². The summed E-state index contributed by atoms with van der Waals surface area (Å²) in [5.41, 5.74) is 4.99. The van der Waals surface area contributed by atoms with Crippen molar-refractivity contribution in [1.82, 2.24) is 0 Å². The van der Waals surface area contributed by atoms with Gasteiger partial charge in [-0.25, -0.2) is 0 Å². The van der Waals surface area contributed by atoms with Gasteiger partial charge in [-0.05, 0) is 89.1 Å². The van der Waals surface area contributed by atoms with Gasteiger partial charge in [-0.3, -0.25) is 0 Å². The summed E-state index contributed by atoms with van der Waals surface area (Å²) in [6, 6.07) is 10.6. The van der Waals surface area contributed by atoms with Crippen LogP contribution >= 0.6 is 0 Å². The SMILES string of the molecule is COc1c(CCCc2ccc(OC(C)C)cc2OC(C)C)ccc(C)c1C. The van der Waals surface area contributed by atoms with Gasteiger partial charge in [0.25, 0.3) is 0 Å². The number of hydrogen-bond acceptors (Lipinski definition) is 3. The molecule has 3 nitrogen and oxygen atoms in total. The summed E-state index contributed by atoms with van der Waals surface area (Å²) in [7, 11) is 1.76. The zero-order valence-electron chi connectivity index (χ0n) is 17.9. The van der Waals surface area contributed by atoms with Crippen LogP contribution in [-0.2, 0) is 12.8 Å². The second-order valence-corrected chi connectivity index (χ2v) is 7.66. The number of benzene rings is 2. The van der Waals surface area contributed by atoms with Gasteiger partial charge in [0.1, 0.15) is 17.2 Å². The van der Waals surface area contributed by atoms with Crippen LogP contribution in [0, 0.1) is 13.8 Å². The van der Waals surface area contributed by atoms with Crippen molar-refractivity contribution in [1.29, 1.82) is 0 Å². The first kappa shape index (κ1) is 21.1. The van der Waals surface area contributed by atoms with Gasteiger partial charge >= 0.3 is 0 Å². The number of hydrogen-bond donors (Lipinski definition) is 0.